The maximum atomic E-state index is 12.2. The number of aromatic nitrogens is 2. The molecule has 0 aliphatic carbocycles. The Morgan fingerprint density at radius 1 is 1.38 bits per heavy atom. The number of para-hydroxylation sites is 2. The molecule has 0 N–H and O–H groups in total. The van der Waals surface area contributed by atoms with Crippen LogP contribution in [0.3, 0.4) is 0 Å². The van der Waals surface area contributed by atoms with Crippen molar-refractivity contribution in [2.24, 2.45) is 5.92 Å². The minimum absolute atomic E-state index is 0.210. The Balaban J connectivity index is 1.61. The first-order valence-corrected chi connectivity index (χ1v) is 8.33. The van der Waals surface area contributed by atoms with E-state index in [1.54, 1.807) is 6.20 Å². The Labute approximate surface area is 129 Å². The molecule has 1 amide bonds. The van der Waals surface area contributed by atoms with Crippen molar-refractivity contribution in [2.75, 3.05) is 18.8 Å². The highest BCUT2D eigenvalue weighted by Gasteiger charge is 2.20. The van der Waals surface area contributed by atoms with Gasteiger partial charge in [-0.3, -0.25) is 9.78 Å². The van der Waals surface area contributed by atoms with Crippen LogP contribution in [0.25, 0.3) is 11.0 Å². The highest BCUT2D eigenvalue weighted by Crippen LogP contribution is 2.20. The normalized spacial score (nSPS) is 18.9. The highest BCUT2D eigenvalue weighted by molar-refractivity contribution is 7.99. The van der Waals surface area contributed by atoms with Gasteiger partial charge in [-0.1, -0.05) is 30.8 Å². The Morgan fingerprint density at radius 3 is 3.00 bits per heavy atom. The molecule has 0 unspecified atom stereocenters. The van der Waals surface area contributed by atoms with E-state index < -0.39 is 0 Å². The van der Waals surface area contributed by atoms with Crippen molar-refractivity contribution in [2.45, 2.75) is 24.8 Å². The zero-order chi connectivity index (χ0) is 14.7. The van der Waals surface area contributed by atoms with Crippen LogP contribution in [0, 0.1) is 5.92 Å². The van der Waals surface area contributed by atoms with Gasteiger partial charge in [-0.05, 0) is 30.9 Å². The number of nitrogens with zero attached hydrogens (tertiary/aromatic N) is 3. The third kappa shape index (κ3) is 3.53. The Kier molecular flexibility index (Phi) is 4.39. The first kappa shape index (κ1) is 14.3. The number of rotatable bonds is 3. The van der Waals surface area contributed by atoms with Gasteiger partial charge in [0.15, 0.2) is 0 Å². The fourth-order valence-electron chi connectivity index (χ4n) is 2.65. The van der Waals surface area contributed by atoms with Crippen LogP contribution in [0.5, 0.6) is 0 Å². The zero-order valence-corrected chi connectivity index (χ0v) is 13.0. The van der Waals surface area contributed by atoms with E-state index in [2.05, 4.69) is 16.9 Å². The lowest BCUT2D eigenvalue weighted by Crippen LogP contribution is -2.40. The molecule has 110 valence electrons. The molecular weight excluding hydrogens is 282 g/mol. The molecule has 1 fully saturated rings. The van der Waals surface area contributed by atoms with Crippen molar-refractivity contribution in [1.29, 1.82) is 0 Å². The van der Waals surface area contributed by atoms with E-state index in [1.165, 1.54) is 18.2 Å². The Bertz CT molecular complexity index is 646. The summed E-state index contributed by atoms with van der Waals surface area (Å²) in [6.07, 6.45) is 4.10. The zero-order valence-electron chi connectivity index (χ0n) is 12.2. The van der Waals surface area contributed by atoms with E-state index in [0.29, 0.717) is 11.7 Å². The second kappa shape index (κ2) is 6.43. The minimum atomic E-state index is 0.210. The van der Waals surface area contributed by atoms with E-state index in [-0.39, 0.29) is 5.91 Å². The van der Waals surface area contributed by atoms with E-state index in [0.717, 1.165) is 35.6 Å². The van der Waals surface area contributed by atoms with Crippen LogP contribution in [0.15, 0.2) is 35.5 Å². The number of carbonyl (C=O) groups is 1. The molecule has 2 heterocycles. The molecule has 3 rings (SSSR count). The van der Waals surface area contributed by atoms with Crippen molar-refractivity contribution in [3.63, 3.8) is 0 Å². The second-order valence-corrected chi connectivity index (χ2v) is 6.57. The van der Waals surface area contributed by atoms with Gasteiger partial charge in [0.05, 0.1) is 23.0 Å². The van der Waals surface area contributed by atoms with E-state index in [9.17, 15) is 4.79 Å². The van der Waals surface area contributed by atoms with Gasteiger partial charge < -0.3 is 4.90 Å². The molecule has 0 radical (unpaired) electrons. The Hall–Kier alpha value is -1.62. The summed E-state index contributed by atoms with van der Waals surface area (Å²) in [5.74, 6) is 1.27. The molecule has 1 aliphatic heterocycles. The van der Waals surface area contributed by atoms with Crippen LogP contribution in [0.4, 0.5) is 0 Å². The number of piperidine rings is 1. The minimum Gasteiger partial charge on any atom is -0.342 e. The molecule has 1 aromatic heterocycles. The lowest BCUT2D eigenvalue weighted by atomic mass is 10.0. The number of likely N-dealkylation sites (tertiary alicyclic amines) is 1. The predicted octanol–water partition coefficient (Wildman–Crippen LogP) is 2.98. The lowest BCUT2D eigenvalue weighted by Gasteiger charge is -2.30. The summed E-state index contributed by atoms with van der Waals surface area (Å²) < 4.78 is 0. The fraction of sp³-hybridized carbons (Fsp3) is 0.438. The van der Waals surface area contributed by atoms with Gasteiger partial charge in [0.2, 0.25) is 5.91 Å². The number of hydrogen-bond donors (Lipinski definition) is 0. The summed E-state index contributed by atoms with van der Waals surface area (Å²) >= 11 is 1.47. The molecule has 1 atom stereocenters. The highest BCUT2D eigenvalue weighted by atomic mass is 32.2. The summed E-state index contributed by atoms with van der Waals surface area (Å²) in [5.41, 5.74) is 1.76. The molecule has 1 aliphatic rings. The number of benzene rings is 1. The average Bonchev–Trinajstić information content (AvgIpc) is 2.52. The van der Waals surface area contributed by atoms with Crippen LogP contribution in [-0.4, -0.2) is 39.6 Å². The number of amides is 1. The maximum Gasteiger partial charge on any atom is 0.232 e. The monoisotopic (exact) mass is 301 g/mol. The summed E-state index contributed by atoms with van der Waals surface area (Å²) in [6, 6.07) is 7.79. The molecule has 0 spiro atoms. The summed E-state index contributed by atoms with van der Waals surface area (Å²) in [7, 11) is 0. The topological polar surface area (TPSA) is 46.1 Å². The van der Waals surface area contributed by atoms with Crippen LogP contribution in [0.2, 0.25) is 0 Å². The predicted molar refractivity (Wildman–Crippen MR) is 85.2 cm³/mol. The number of hydrogen-bond acceptors (Lipinski definition) is 4. The van der Waals surface area contributed by atoms with Crippen molar-refractivity contribution < 1.29 is 4.79 Å². The maximum absolute atomic E-state index is 12.2. The second-order valence-electron chi connectivity index (χ2n) is 5.57. The lowest BCUT2D eigenvalue weighted by molar-refractivity contribution is -0.130. The number of thioether (sulfide) groups is 1. The Morgan fingerprint density at radius 2 is 2.19 bits per heavy atom. The average molecular weight is 301 g/mol. The van der Waals surface area contributed by atoms with Crippen molar-refractivity contribution >= 4 is 28.7 Å². The smallest absolute Gasteiger partial charge is 0.232 e. The standard InChI is InChI=1S/C16H19N3OS/c1-12-5-4-8-19(10-12)16(20)11-21-15-9-17-13-6-2-3-7-14(13)18-15/h2-3,6-7,9,12H,4-5,8,10-11H2,1H3/t12-/m1/s1. The summed E-state index contributed by atoms with van der Waals surface area (Å²) in [5, 5.41) is 0.812. The van der Waals surface area contributed by atoms with Crippen molar-refractivity contribution in [3.05, 3.63) is 30.5 Å². The van der Waals surface area contributed by atoms with Crippen LogP contribution < -0.4 is 0 Å². The van der Waals surface area contributed by atoms with Gasteiger partial charge >= 0.3 is 0 Å². The van der Waals surface area contributed by atoms with E-state index in [1.807, 2.05) is 29.2 Å². The SMILES string of the molecule is C[C@@H]1CCCN(C(=O)CSc2cnc3ccccc3n2)C1. The third-order valence-electron chi connectivity index (χ3n) is 3.78. The van der Waals surface area contributed by atoms with Crippen LogP contribution >= 0.6 is 11.8 Å². The van der Waals surface area contributed by atoms with Crippen LogP contribution in [0.1, 0.15) is 19.8 Å². The van der Waals surface area contributed by atoms with Gasteiger partial charge in [0.1, 0.15) is 5.03 Å². The summed E-state index contributed by atoms with van der Waals surface area (Å²) in [6.45, 7) is 4.00. The van der Waals surface area contributed by atoms with Crippen molar-refractivity contribution in [1.82, 2.24) is 14.9 Å². The molecule has 1 saturated heterocycles. The molecule has 5 heteroatoms. The van der Waals surface area contributed by atoms with Crippen molar-refractivity contribution in [3.8, 4) is 0 Å². The van der Waals surface area contributed by atoms with Gasteiger partial charge in [-0.25, -0.2) is 4.98 Å². The van der Waals surface area contributed by atoms with Gasteiger partial charge in [-0.2, -0.15) is 0 Å². The molecule has 21 heavy (non-hydrogen) atoms. The van der Waals surface area contributed by atoms with Gasteiger partial charge in [-0.15, -0.1) is 0 Å². The quantitative estimate of drug-likeness (QED) is 0.818. The first-order valence-electron chi connectivity index (χ1n) is 7.35. The van der Waals surface area contributed by atoms with Gasteiger partial charge in [0.25, 0.3) is 0 Å². The molecule has 0 bridgehead atoms. The molecular formula is C16H19N3OS. The fourth-order valence-corrected chi connectivity index (χ4v) is 3.40. The number of fused-ring (bicyclic) bond motifs is 1. The summed E-state index contributed by atoms with van der Waals surface area (Å²) in [4.78, 5) is 23.1. The third-order valence-corrected chi connectivity index (χ3v) is 4.66. The largest absolute Gasteiger partial charge is 0.342 e. The number of carbonyl (C=O) groups excluding carboxylic acids is 1. The van der Waals surface area contributed by atoms with Gasteiger partial charge in [0, 0.05) is 13.1 Å². The molecule has 4 nitrogen and oxygen atoms in total. The van der Waals surface area contributed by atoms with Crippen LogP contribution in [-0.2, 0) is 4.79 Å². The van der Waals surface area contributed by atoms with E-state index >= 15 is 0 Å². The molecule has 0 saturated carbocycles. The first-order chi connectivity index (χ1) is 10.2. The molecule has 1 aromatic carbocycles. The van der Waals surface area contributed by atoms with E-state index in [4.69, 9.17) is 0 Å². The molecule has 2 aromatic rings.